The first-order chi connectivity index (χ1) is 12.5. The Balaban J connectivity index is 1.69. The maximum atomic E-state index is 12.5. The van der Waals surface area contributed by atoms with Gasteiger partial charge in [-0.1, -0.05) is 6.07 Å². The highest BCUT2D eigenvalue weighted by atomic mass is 32.1. The lowest BCUT2D eigenvalue weighted by molar-refractivity contribution is -0.384. The summed E-state index contributed by atoms with van der Waals surface area (Å²) in [5, 5.41) is 12.7. The lowest BCUT2D eigenvalue weighted by Gasteiger charge is -2.09. The van der Waals surface area contributed by atoms with Crippen LogP contribution in [0.15, 0.2) is 47.8 Å². The van der Waals surface area contributed by atoms with Crippen molar-refractivity contribution in [2.45, 2.75) is 20.4 Å². The number of non-ortho nitro benzene ring substituents is 1. The predicted octanol–water partition coefficient (Wildman–Crippen LogP) is 4.38. The molecule has 134 valence electrons. The third-order valence-electron chi connectivity index (χ3n) is 4.19. The zero-order chi connectivity index (χ0) is 18.7. The molecular weight excluding hydrogens is 352 g/mol. The number of nitro groups is 1. The number of nitro benzene ring substituents is 1. The molecule has 0 N–H and O–H groups in total. The summed E-state index contributed by atoms with van der Waals surface area (Å²) < 4.78 is 7.60. The molecule has 3 aromatic rings. The van der Waals surface area contributed by atoms with E-state index in [9.17, 15) is 14.9 Å². The number of nitrogens with zero attached hydrogens (tertiary/aromatic N) is 2. The summed E-state index contributed by atoms with van der Waals surface area (Å²) in [6.07, 6.45) is 0. The Morgan fingerprint density at radius 3 is 2.58 bits per heavy atom. The van der Waals surface area contributed by atoms with Crippen LogP contribution in [0.2, 0.25) is 0 Å². The molecule has 0 atom stereocenters. The Hall–Kier alpha value is -2.93. The SMILES string of the molecule is Cc1cc(C(=O)COc2ccc([N+](=O)[O-])cc2)c(C)n1Cc1cccs1. The number of ketones is 1. The molecular formula is C19H18N2O4S. The number of rotatable bonds is 7. The molecule has 0 radical (unpaired) electrons. The molecule has 0 aliphatic carbocycles. The molecule has 1 aromatic carbocycles. The second kappa shape index (κ2) is 7.53. The van der Waals surface area contributed by atoms with Gasteiger partial charge in [-0.3, -0.25) is 14.9 Å². The van der Waals surface area contributed by atoms with Crippen LogP contribution in [0, 0.1) is 24.0 Å². The first-order valence-corrected chi connectivity index (χ1v) is 8.93. The summed E-state index contributed by atoms with van der Waals surface area (Å²) in [5.41, 5.74) is 2.56. The fourth-order valence-electron chi connectivity index (χ4n) is 2.78. The number of carbonyl (C=O) groups is 1. The van der Waals surface area contributed by atoms with Gasteiger partial charge in [0.15, 0.2) is 6.61 Å². The lowest BCUT2D eigenvalue weighted by atomic mass is 10.1. The Bertz CT molecular complexity index is 927. The van der Waals surface area contributed by atoms with Crippen molar-refractivity contribution < 1.29 is 14.5 Å². The van der Waals surface area contributed by atoms with Gasteiger partial charge in [-0.2, -0.15) is 0 Å². The molecule has 0 saturated heterocycles. The maximum absolute atomic E-state index is 12.5. The highest BCUT2D eigenvalue weighted by Crippen LogP contribution is 2.21. The molecule has 0 aliphatic heterocycles. The van der Waals surface area contributed by atoms with Crippen LogP contribution in [-0.2, 0) is 6.54 Å². The topological polar surface area (TPSA) is 74.4 Å². The average molecular weight is 370 g/mol. The monoisotopic (exact) mass is 370 g/mol. The second-order valence-electron chi connectivity index (χ2n) is 5.91. The molecule has 26 heavy (non-hydrogen) atoms. The Morgan fingerprint density at radius 2 is 1.96 bits per heavy atom. The van der Waals surface area contributed by atoms with Crippen LogP contribution in [0.25, 0.3) is 0 Å². The van der Waals surface area contributed by atoms with E-state index in [1.165, 1.54) is 29.1 Å². The standard InChI is InChI=1S/C19H18N2O4S/c1-13-10-18(14(2)20(13)11-17-4-3-9-26-17)19(22)12-25-16-7-5-15(6-8-16)21(23)24/h3-10H,11-12H2,1-2H3. The van der Waals surface area contributed by atoms with E-state index in [-0.39, 0.29) is 18.1 Å². The molecule has 3 rings (SSSR count). The van der Waals surface area contributed by atoms with Crippen LogP contribution in [-0.4, -0.2) is 21.9 Å². The second-order valence-corrected chi connectivity index (χ2v) is 6.95. The van der Waals surface area contributed by atoms with Gasteiger partial charge in [0.25, 0.3) is 5.69 Å². The van der Waals surface area contributed by atoms with Crippen LogP contribution in [0.4, 0.5) is 5.69 Å². The number of ether oxygens (including phenoxy) is 1. The van der Waals surface area contributed by atoms with Crippen molar-refractivity contribution in [1.29, 1.82) is 0 Å². The van der Waals surface area contributed by atoms with Crippen molar-refractivity contribution in [2.24, 2.45) is 0 Å². The van der Waals surface area contributed by atoms with Crippen molar-refractivity contribution in [3.63, 3.8) is 0 Å². The number of benzene rings is 1. The molecule has 2 aromatic heterocycles. The van der Waals surface area contributed by atoms with E-state index in [0.29, 0.717) is 11.3 Å². The van der Waals surface area contributed by atoms with Crippen LogP contribution in [0.5, 0.6) is 5.75 Å². The van der Waals surface area contributed by atoms with E-state index in [0.717, 1.165) is 17.9 Å². The van der Waals surface area contributed by atoms with Gasteiger partial charge in [-0.15, -0.1) is 11.3 Å². The van der Waals surface area contributed by atoms with Gasteiger partial charge >= 0.3 is 0 Å². The third kappa shape index (κ3) is 3.83. The Kier molecular flexibility index (Phi) is 5.18. The minimum Gasteiger partial charge on any atom is -0.485 e. The van der Waals surface area contributed by atoms with Gasteiger partial charge in [0.2, 0.25) is 5.78 Å². The molecule has 0 unspecified atom stereocenters. The number of aromatic nitrogens is 1. The molecule has 0 fully saturated rings. The van der Waals surface area contributed by atoms with E-state index in [1.807, 2.05) is 31.4 Å². The molecule has 0 saturated carbocycles. The number of hydrogen-bond acceptors (Lipinski definition) is 5. The Labute approximate surface area is 154 Å². The van der Waals surface area contributed by atoms with Gasteiger partial charge in [0, 0.05) is 34.0 Å². The largest absolute Gasteiger partial charge is 0.485 e. The van der Waals surface area contributed by atoms with Crippen molar-refractivity contribution in [3.8, 4) is 5.75 Å². The summed E-state index contributed by atoms with van der Waals surface area (Å²) in [5.74, 6) is 0.310. The third-order valence-corrected chi connectivity index (χ3v) is 5.05. The van der Waals surface area contributed by atoms with Crippen LogP contribution in [0.1, 0.15) is 26.6 Å². The molecule has 0 bridgehead atoms. The molecule has 2 heterocycles. The summed E-state index contributed by atoms with van der Waals surface area (Å²) in [6.45, 7) is 4.54. The normalized spacial score (nSPS) is 10.7. The van der Waals surface area contributed by atoms with Crippen LogP contribution < -0.4 is 4.74 Å². The first-order valence-electron chi connectivity index (χ1n) is 8.05. The molecule has 0 spiro atoms. The maximum Gasteiger partial charge on any atom is 0.269 e. The van der Waals surface area contributed by atoms with E-state index < -0.39 is 4.92 Å². The Morgan fingerprint density at radius 1 is 1.23 bits per heavy atom. The zero-order valence-corrected chi connectivity index (χ0v) is 15.3. The number of Topliss-reactive ketones (excluding diaryl/α,β-unsaturated/α-hetero) is 1. The molecule has 7 heteroatoms. The average Bonchev–Trinajstić information content (AvgIpc) is 3.24. The summed E-state index contributed by atoms with van der Waals surface area (Å²) in [4.78, 5) is 24.0. The van der Waals surface area contributed by atoms with Gasteiger partial charge in [0.1, 0.15) is 5.75 Å². The molecule has 0 amide bonds. The minimum atomic E-state index is -0.475. The number of hydrogen-bond donors (Lipinski definition) is 0. The van der Waals surface area contributed by atoms with Gasteiger partial charge in [-0.25, -0.2) is 0 Å². The number of carbonyl (C=O) groups excluding carboxylic acids is 1. The summed E-state index contributed by atoms with van der Waals surface area (Å²) in [7, 11) is 0. The molecule has 6 nitrogen and oxygen atoms in total. The van der Waals surface area contributed by atoms with Gasteiger partial charge in [0.05, 0.1) is 11.5 Å². The smallest absolute Gasteiger partial charge is 0.269 e. The number of aryl methyl sites for hydroxylation is 1. The van der Waals surface area contributed by atoms with Crippen LogP contribution in [0.3, 0.4) is 0 Å². The first kappa shape index (κ1) is 17.9. The number of thiophene rings is 1. The van der Waals surface area contributed by atoms with Gasteiger partial charge in [-0.05, 0) is 43.5 Å². The highest BCUT2D eigenvalue weighted by Gasteiger charge is 2.17. The van der Waals surface area contributed by atoms with Gasteiger partial charge < -0.3 is 9.30 Å². The zero-order valence-electron chi connectivity index (χ0n) is 14.5. The van der Waals surface area contributed by atoms with E-state index in [2.05, 4.69) is 10.6 Å². The fraction of sp³-hybridized carbons (Fsp3) is 0.211. The van der Waals surface area contributed by atoms with Crippen molar-refractivity contribution >= 4 is 22.8 Å². The summed E-state index contributed by atoms with van der Waals surface area (Å²) in [6, 6.07) is 11.7. The minimum absolute atomic E-state index is 0.0131. The van der Waals surface area contributed by atoms with Crippen molar-refractivity contribution in [1.82, 2.24) is 4.57 Å². The quantitative estimate of drug-likeness (QED) is 0.351. The van der Waals surface area contributed by atoms with Crippen LogP contribution >= 0.6 is 11.3 Å². The van der Waals surface area contributed by atoms with E-state index >= 15 is 0 Å². The van der Waals surface area contributed by atoms with Crippen molar-refractivity contribution in [3.05, 3.63) is 79.8 Å². The predicted molar refractivity (Wildman–Crippen MR) is 100 cm³/mol. The lowest BCUT2D eigenvalue weighted by Crippen LogP contribution is -2.13. The van der Waals surface area contributed by atoms with Crippen molar-refractivity contribution in [2.75, 3.05) is 6.61 Å². The highest BCUT2D eigenvalue weighted by molar-refractivity contribution is 7.09. The fourth-order valence-corrected chi connectivity index (χ4v) is 3.47. The summed E-state index contributed by atoms with van der Waals surface area (Å²) >= 11 is 1.69. The van der Waals surface area contributed by atoms with E-state index in [4.69, 9.17) is 4.74 Å². The van der Waals surface area contributed by atoms with E-state index in [1.54, 1.807) is 11.3 Å². The molecule has 0 aliphatic rings.